The number of imidazole rings is 2. The van der Waals surface area contributed by atoms with Gasteiger partial charge in [-0.1, -0.05) is 12.1 Å². The summed E-state index contributed by atoms with van der Waals surface area (Å²) in [5.74, 6) is 1.88. The zero-order chi connectivity index (χ0) is 14.3. The zero-order valence-electron chi connectivity index (χ0n) is 11.8. The van der Waals surface area contributed by atoms with Gasteiger partial charge >= 0.3 is 0 Å². The molecule has 0 fully saturated rings. The first-order valence-corrected chi connectivity index (χ1v) is 7.07. The van der Waals surface area contributed by atoms with Gasteiger partial charge in [-0.15, -0.1) is 11.6 Å². The molecule has 0 aliphatic carbocycles. The van der Waals surface area contributed by atoms with Crippen LogP contribution in [0.5, 0.6) is 0 Å². The quantitative estimate of drug-likeness (QED) is 0.692. The van der Waals surface area contributed by atoms with E-state index in [0.29, 0.717) is 6.54 Å². The number of aryl methyl sites for hydroxylation is 2. The lowest BCUT2D eigenvalue weighted by molar-refractivity contribution is 0.676. The summed E-state index contributed by atoms with van der Waals surface area (Å²) in [7, 11) is 2.00. The van der Waals surface area contributed by atoms with E-state index in [2.05, 4.69) is 27.5 Å². The highest BCUT2D eigenvalue weighted by Gasteiger charge is 2.17. The summed E-state index contributed by atoms with van der Waals surface area (Å²) in [6.45, 7) is 4.73. The van der Waals surface area contributed by atoms with Gasteiger partial charge in [-0.25, -0.2) is 9.97 Å². The Morgan fingerprint density at radius 2 is 2.15 bits per heavy atom. The third-order valence-electron chi connectivity index (χ3n) is 3.57. The van der Waals surface area contributed by atoms with E-state index < -0.39 is 0 Å². The summed E-state index contributed by atoms with van der Waals surface area (Å²) in [4.78, 5) is 9.08. The van der Waals surface area contributed by atoms with E-state index in [9.17, 15) is 0 Å². The predicted octanol–water partition coefficient (Wildman–Crippen LogP) is 3.43. The molecule has 20 heavy (non-hydrogen) atoms. The van der Waals surface area contributed by atoms with E-state index in [1.165, 1.54) is 5.56 Å². The first kappa shape index (κ1) is 13.2. The maximum absolute atomic E-state index is 6.30. The third kappa shape index (κ3) is 2.10. The Hall–Kier alpha value is -1.81. The zero-order valence-corrected chi connectivity index (χ0v) is 12.6. The molecule has 3 rings (SSSR count). The third-order valence-corrected chi connectivity index (χ3v) is 3.77. The molecule has 0 amide bonds. The van der Waals surface area contributed by atoms with Gasteiger partial charge in [0.15, 0.2) is 0 Å². The number of halogens is 1. The van der Waals surface area contributed by atoms with Crippen molar-refractivity contribution in [1.82, 2.24) is 19.1 Å². The lowest BCUT2D eigenvalue weighted by Crippen LogP contribution is -2.10. The van der Waals surface area contributed by atoms with Crippen molar-refractivity contribution in [2.75, 3.05) is 0 Å². The van der Waals surface area contributed by atoms with Crippen LogP contribution >= 0.6 is 11.6 Å². The van der Waals surface area contributed by atoms with Crippen LogP contribution in [0.15, 0.2) is 30.6 Å². The van der Waals surface area contributed by atoms with Gasteiger partial charge in [0.25, 0.3) is 0 Å². The molecule has 0 saturated carbocycles. The molecule has 0 N–H and O–H groups in total. The highest BCUT2D eigenvalue weighted by Crippen LogP contribution is 2.27. The molecule has 2 aromatic heterocycles. The SMILES string of the molecule is Cc1cccc2nc(C(C)Cl)n(Cc3nccn3C)c12. The fraction of sp³-hybridized carbons (Fsp3) is 0.333. The summed E-state index contributed by atoms with van der Waals surface area (Å²) < 4.78 is 4.19. The van der Waals surface area contributed by atoms with Crippen LogP contribution in [0.4, 0.5) is 0 Å². The van der Waals surface area contributed by atoms with E-state index in [0.717, 1.165) is 22.7 Å². The Morgan fingerprint density at radius 1 is 1.35 bits per heavy atom. The van der Waals surface area contributed by atoms with Crippen LogP contribution < -0.4 is 0 Å². The number of aromatic nitrogens is 4. The van der Waals surface area contributed by atoms with Crippen LogP contribution in [0.25, 0.3) is 11.0 Å². The van der Waals surface area contributed by atoms with Crippen molar-refractivity contribution in [1.29, 1.82) is 0 Å². The van der Waals surface area contributed by atoms with Gasteiger partial charge < -0.3 is 9.13 Å². The van der Waals surface area contributed by atoms with Crippen molar-refractivity contribution in [3.8, 4) is 0 Å². The van der Waals surface area contributed by atoms with Gasteiger partial charge in [-0.2, -0.15) is 0 Å². The topological polar surface area (TPSA) is 35.6 Å². The van der Waals surface area contributed by atoms with Crippen molar-refractivity contribution in [2.45, 2.75) is 25.8 Å². The smallest absolute Gasteiger partial charge is 0.128 e. The Morgan fingerprint density at radius 3 is 2.80 bits per heavy atom. The Labute approximate surface area is 123 Å². The van der Waals surface area contributed by atoms with Gasteiger partial charge in [0.05, 0.1) is 23.0 Å². The average molecular weight is 289 g/mol. The van der Waals surface area contributed by atoms with Gasteiger partial charge in [-0.3, -0.25) is 0 Å². The van der Waals surface area contributed by atoms with E-state index in [1.54, 1.807) is 0 Å². The molecule has 0 bridgehead atoms. The normalized spacial score (nSPS) is 13.0. The molecule has 104 valence electrons. The molecule has 0 spiro atoms. The molecule has 4 nitrogen and oxygen atoms in total. The fourth-order valence-electron chi connectivity index (χ4n) is 2.54. The number of benzene rings is 1. The van der Waals surface area contributed by atoms with Crippen LogP contribution in [0.1, 0.15) is 29.5 Å². The number of hydrogen-bond donors (Lipinski definition) is 0. The van der Waals surface area contributed by atoms with Crippen molar-refractivity contribution in [2.24, 2.45) is 7.05 Å². The molecule has 1 unspecified atom stereocenters. The Balaban J connectivity index is 2.21. The summed E-state index contributed by atoms with van der Waals surface area (Å²) in [5, 5.41) is -0.137. The second kappa shape index (κ2) is 4.94. The minimum absolute atomic E-state index is 0.137. The number of para-hydroxylation sites is 1. The van der Waals surface area contributed by atoms with Crippen LogP contribution in [0.2, 0.25) is 0 Å². The monoisotopic (exact) mass is 288 g/mol. The standard InChI is InChI=1S/C15H17ClN4/c1-10-5-4-6-12-14(10)20(15(18-12)11(2)16)9-13-17-7-8-19(13)3/h4-8,11H,9H2,1-3H3. The largest absolute Gasteiger partial charge is 0.337 e. The second-order valence-corrected chi connectivity index (χ2v) is 5.72. The molecule has 2 heterocycles. The summed E-state index contributed by atoms with van der Waals surface area (Å²) in [5.41, 5.74) is 3.33. The van der Waals surface area contributed by atoms with E-state index in [4.69, 9.17) is 11.6 Å². The number of nitrogens with zero attached hydrogens (tertiary/aromatic N) is 4. The molecule has 0 aliphatic rings. The summed E-state index contributed by atoms with van der Waals surface area (Å²) in [6.07, 6.45) is 3.76. The highest BCUT2D eigenvalue weighted by atomic mass is 35.5. The van der Waals surface area contributed by atoms with Crippen molar-refractivity contribution in [3.05, 3.63) is 47.8 Å². The van der Waals surface area contributed by atoms with E-state index in [1.807, 2.05) is 43.1 Å². The fourth-order valence-corrected chi connectivity index (χ4v) is 2.70. The van der Waals surface area contributed by atoms with Gasteiger partial charge in [0, 0.05) is 19.4 Å². The van der Waals surface area contributed by atoms with Crippen LogP contribution in [-0.4, -0.2) is 19.1 Å². The average Bonchev–Trinajstić information content (AvgIpc) is 2.96. The number of hydrogen-bond acceptors (Lipinski definition) is 2. The summed E-state index contributed by atoms with van der Waals surface area (Å²) >= 11 is 6.30. The Kier molecular flexibility index (Phi) is 3.26. The lowest BCUT2D eigenvalue weighted by Gasteiger charge is -2.11. The molecule has 1 aromatic carbocycles. The van der Waals surface area contributed by atoms with E-state index in [-0.39, 0.29) is 5.38 Å². The maximum atomic E-state index is 6.30. The van der Waals surface area contributed by atoms with Crippen LogP contribution in [0.3, 0.4) is 0 Å². The summed E-state index contributed by atoms with van der Waals surface area (Å²) in [6, 6.07) is 6.15. The number of alkyl halides is 1. The minimum atomic E-state index is -0.137. The Bertz CT molecular complexity index is 754. The molecule has 0 saturated heterocycles. The van der Waals surface area contributed by atoms with Crippen molar-refractivity contribution < 1.29 is 0 Å². The molecular formula is C15H17ClN4. The predicted molar refractivity (Wildman–Crippen MR) is 81.0 cm³/mol. The first-order chi connectivity index (χ1) is 9.58. The lowest BCUT2D eigenvalue weighted by atomic mass is 10.2. The molecule has 0 radical (unpaired) electrons. The van der Waals surface area contributed by atoms with Gasteiger partial charge in [-0.05, 0) is 25.5 Å². The minimum Gasteiger partial charge on any atom is -0.337 e. The number of rotatable bonds is 3. The maximum Gasteiger partial charge on any atom is 0.128 e. The van der Waals surface area contributed by atoms with Gasteiger partial charge in [0.1, 0.15) is 11.6 Å². The van der Waals surface area contributed by atoms with Crippen molar-refractivity contribution >= 4 is 22.6 Å². The molecule has 1 atom stereocenters. The van der Waals surface area contributed by atoms with Gasteiger partial charge in [0.2, 0.25) is 0 Å². The number of fused-ring (bicyclic) bond motifs is 1. The molecule has 3 aromatic rings. The van der Waals surface area contributed by atoms with Crippen LogP contribution in [0, 0.1) is 6.92 Å². The molecule has 0 aliphatic heterocycles. The van der Waals surface area contributed by atoms with Crippen LogP contribution in [-0.2, 0) is 13.6 Å². The molecule has 5 heteroatoms. The molecular weight excluding hydrogens is 272 g/mol. The van der Waals surface area contributed by atoms with E-state index >= 15 is 0 Å². The highest BCUT2D eigenvalue weighted by molar-refractivity contribution is 6.20. The first-order valence-electron chi connectivity index (χ1n) is 6.64. The second-order valence-electron chi connectivity index (χ2n) is 5.07. The van der Waals surface area contributed by atoms with Crippen molar-refractivity contribution in [3.63, 3.8) is 0 Å².